The molecule has 9 heteroatoms. The van der Waals surface area contributed by atoms with Crippen LogP contribution in [0.25, 0.3) is 0 Å². The number of carbonyl (C=O) groups is 1. The van der Waals surface area contributed by atoms with Gasteiger partial charge in [0.05, 0.1) is 30.4 Å². The summed E-state index contributed by atoms with van der Waals surface area (Å²) in [7, 11) is -1.01. The monoisotopic (exact) mass is 443 g/mol. The quantitative estimate of drug-likeness (QED) is 0.534. The number of nitrogens with one attached hydrogen (secondary N) is 1. The van der Waals surface area contributed by atoms with Gasteiger partial charge in [-0.2, -0.15) is 0 Å². The lowest BCUT2D eigenvalue weighted by Gasteiger charge is -2.15. The number of aryl methyl sites for hydroxylation is 1. The largest absolute Gasteiger partial charge is 0.497 e. The maximum Gasteiger partial charge on any atom is 0.335 e. The fourth-order valence-electron chi connectivity index (χ4n) is 2.82. The van der Waals surface area contributed by atoms with Gasteiger partial charge in [-0.25, -0.2) is 13.2 Å². The zero-order valence-electron chi connectivity index (χ0n) is 17.1. The second-order valence-electron chi connectivity index (χ2n) is 6.53. The number of ether oxygens (including phenoxy) is 3. The number of carboxylic acids is 1. The zero-order valence-corrected chi connectivity index (χ0v) is 17.9. The van der Waals surface area contributed by atoms with E-state index in [1.54, 1.807) is 44.4 Å². The van der Waals surface area contributed by atoms with Crippen molar-refractivity contribution in [1.29, 1.82) is 0 Å². The fourth-order valence-corrected chi connectivity index (χ4v) is 4.14. The molecule has 3 aromatic carbocycles. The van der Waals surface area contributed by atoms with E-state index in [2.05, 4.69) is 4.72 Å². The van der Waals surface area contributed by atoms with Gasteiger partial charge in [0.15, 0.2) is 11.5 Å². The molecule has 0 aliphatic heterocycles. The van der Waals surface area contributed by atoms with Crippen molar-refractivity contribution in [2.75, 3.05) is 18.9 Å². The lowest BCUT2D eigenvalue weighted by atomic mass is 10.1. The van der Waals surface area contributed by atoms with Gasteiger partial charge < -0.3 is 19.3 Å². The number of methoxy groups -OCH3 is 2. The maximum absolute atomic E-state index is 12.9. The number of hydrogen-bond donors (Lipinski definition) is 2. The topological polar surface area (TPSA) is 111 Å². The number of carboxylic acid groups (broad SMARTS) is 1. The summed E-state index contributed by atoms with van der Waals surface area (Å²) in [5, 5.41) is 9.17. The first-order valence-electron chi connectivity index (χ1n) is 9.10. The van der Waals surface area contributed by atoms with Crippen molar-refractivity contribution < 1.29 is 32.5 Å². The number of aromatic carboxylic acids is 1. The highest BCUT2D eigenvalue weighted by atomic mass is 32.2. The molecule has 0 spiro atoms. The summed E-state index contributed by atoms with van der Waals surface area (Å²) >= 11 is 0. The summed E-state index contributed by atoms with van der Waals surface area (Å²) in [5.74, 6) is 0.659. The third kappa shape index (κ3) is 5.07. The Bertz CT molecular complexity index is 1210. The van der Waals surface area contributed by atoms with Crippen molar-refractivity contribution in [2.45, 2.75) is 11.8 Å². The smallest absolute Gasteiger partial charge is 0.335 e. The molecular weight excluding hydrogens is 422 g/mol. The molecular formula is C22H21NO7S. The SMILES string of the molecule is COc1ccc(Oc2cc(NS(=O)(=O)c3cc(C(=O)O)ccc3C)ccc2OC)cc1. The van der Waals surface area contributed by atoms with Crippen LogP contribution in [-0.4, -0.2) is 33.7 Å². The van der Waals surface area contributed by atoms with Gasteiger partial charge in [-0.15, -0.1) is 0 Å². The maximum atomic E-state index is 12.9. The summed E-state index contributed by atoms with van der Waals surface area (Å²) in [6.07, 6.45) is 0. The van der Waals surface area contributed by atoms with Gasteiger partial charge in [0.1, 0.15) is 11.5 Å². The van der Waals surface area contributed by atoms with Crippen molar-refractivity contribution in [3.05, 3.63) is 71.8 Å². The Kier molecular flexibility index (Phi) is 6.36. The van der Waals surface area contributed by atoms with Crippen molar-refractivity contribution in [2.24, 2.45) is 0 Å². The van der Waals surface area contributed by atoms with E-state index in [1.807, 2.05) is 0 Å². The Hall–Kier alpha value is -3.72. The van der Waals surface area contributed by atoms with Gasteiger partial charge in [0, 0.05) is 6.07 Å². The predicted octanol–water partition coefficient (Wildman–Crippen LogP) is 4.30. The summed E-state index contributed by atoms with van der Waals surface area (Å²) in [6.45, 7) is 1.59. The van der Waals surface area contributed by atoms with Crippen molar-refractivity contribution in [3.63, 3.8) is 0 Å². The molecule has 0 atom stereocenters. The molecule has 0 fully saturated rings. The van der Waals surface area contributed by atoms with E-state index in [0.29, 0.717) is 28.6 Å². The molecule has 0 bridgehead atoms. The van der Waals surface area contributed by atoms with Crippen LogP contribution in [-0.2, 0) is 10.0 Å². The highest BCUT2D eigenvalue weighted by Crippen LogP contribution is 2.35. The van der Waals surface area contributed by atoms with Gasteiger partial charge >= 0.3 is 5.97 Å². The van der Waals surface area contributed by atoms with Crippen molar-refractivity contribution in [3.8, 4) is 23.0 Å². The molecule has 3 rings (SSSR count). The molecule has 162 valence electrons. The third-order valence-electron chi connectivity index (χ3n) is 4.43. The van der Waals surface area contributed by atoms with Crippen LogP contribution in [0.2, 0.25) is 0 Å². The van der Waals surface area contributed by atoms with E-state index in [9.17, 15) is 13.2 Å². The molecule has 0 amide bonds. The second kappa shape index (κ2) is 8.97. The number of anilines is 1. The minimum absolute atomic E-state index is 0.121. The van der Waals surface area contributed by atoms with Gasteiger partial charge in [-0.1, -0.05) is 6.07 Å². The number of rotatable bonds is 8. The Morgan fingerprint density at radius 3 is 2.16 bits per heavy atom. The molecule has 0 saturated carbocycles. The van der Waals surface area contributed by atoms with Crippen LogP contribution < -0.4 is 18.9 Å². The second-order valence-corrected chi connectivity index (χ2v) is 8.18. The van der Waals surface area contributed by atoms with Crippen molar-refractivity contribution >= 4 is 21.7 Å². The molecule has 0 aromatic heterocycles. The van der Waals surface area contributed by atoms with Crippen LogP contribution in [0.1, 0.15) is 15.9 Å². The minimum Gasteiger partial charge on any atom is -0.497 e. The van der Waals surface area contributed by atoms with E-state index in [1.165, 1.54) is 31.4 Å². The minimum atomic E-state index is -4.04. The first-order chi connectivity index (χ1) is 14.7. The summed E-state index contributed by atoms with van der Waals surface area (Å²) < 4.78 is 44.5. The third-order valence-corrected chi connectivity index (χ3v) is 5.95. The molecule has 0 saturated heterocycles. The van der Waals surface area contributed by atoms with E-state index >= 15 is 0 Å². The first kappa shape index (κ1) is 22.0. The first-order valence-corrected chi connectivity index (χ1v) is 10.6. The Morgan fingerprint density at radius 1 is 0.871 bits per heavy atom. The van der Waals surface area contributed by atoms with E-state index in [-0.39, 0.29) is 16.1 Å². The average Bonchev–Trinajstić information content (AvgIpc) is 2.74. The zero-order chi connectivity index (χ0) is 22.6. The molecule has 0 aliphatic carbocycles. The molecule has 0 aliphatic rings. The molecule has 0 heterocycles. The number of hydrogen-bond acceptors (Lipinski definition) is 6. The van der Waals surface area contributed by atoms with Crippen LogP contribution >= 0.6 is 0 Å². The normalized spacial score (nSPS) is 10.9. The molecule has 0 radical (unpaired) electrons. The van der Waals surface area contributed by atoms with Gasteiger partial charge in [-0.05, 0) is 61.0 Å². The molecule has 2 N–H and O–H groups in total. The van der Waals surface area contributed by atoms with E-state index in [4.69, 9.17) is 19.3 Å². The molecule has 3 aromatic rings. The van der Waals surface area contributed by atoms with Crippen LogP contribution in [0.3, 0.4) is 0 Å². The Morgan fingerprint density at radius 2 is 1.55 bits per heavy atom. The van der Waals surface area contributed by atoms with Gasteiger partial charge in [0.2, 0.25) is 0 Å². The summed E-state index contributed by atoms with van der Waals surface area (Å²) in [5.41, 5.74) is 0.523. The van der Waals surface area contributed by atoms with E-state index in [0.717, 1.165) is 6.07 Å². The summed E-state index contributed by atoms with van der Waals surface area (Å²) in [6, 6.07) is 15.4. The van der Waals surface area contributed by atoms with Crippen LogP contribution in [0, 0.1) is 6.92 Å². The van der Waals surface area contributed by atoms with Crippen molar-refractivity contribution in [1.82, 2.24) is 0 Å². The predicted molar refractivity (Wildman–Crippen MR) is 115 cm³/mol. The molecule has 0 unspecified atom stereocenters. The average molecular weight is 443 g/mol. The summed E-state index contributed by atoms with van der Waals surface area (Å²) in [4.78, 5) is 11.1. The van der Waals surface area contributed by atoms with E-state index < -0.39 is 16.0 Å². The highest BCUT2D eigenvalue weighted by molar-refractivity contribution is 7.92. The lowest BCUT2D eigenvalue weighted by molar-refractivity contribution is 0.0696. The van der Waals surface area contributed by atoms with Crippen LogP contribution in [0.5, 0.6) is 23.0 Å². The number of sulfonamides is 1. The fraction of sp³-hybridized carbons (Fsp3) is 0.136. The van der Waals surface area contributed by atoms with Crippen LogP contribution in [0.15, 0.2) is 65.6 Å². The Labute approximate surface area is 180 Å². The standard InChI is InChI=1S/C22H21NO7S/c1-14-4-5-15(22(24)25)12-21(14)31(26,27)23-16-6-11-19(29-3)20(13-16)30-18-9-7-17(28-2)8-10-18/h4-13,23H,1-3H3,(H,24,25). The molecule has 31 heavy (non-hydrogen) atoms. The Balaban J connectivity index is 1.92. The lowest BCUT2D eigenvalue weighted by Crippen LogP contribution is -2.15. The number of benzene rings is 3. The molecule has 8 nitrogen and oxygen atoms in total. The van der Waals surface area contributed by atoms with Gasteiger partial charge in [0.25, 0.3) is 10.0 Å². The highest BCUT2D eigenvalue weighted by Gasteiger charge is 2.20. The van der Waals surface area contributed by atoms with Crippen LogP contribution in [0.4, 0.5) is 5.69 Å². The van der Waals surface area contributed by atoms with Gasteiger partial charge in [-0.3, -0.25) is 4.72 Å².